The summed E-state index contributed by atoms with van der Waals surface area (Å²) in [7, 11) is 1.66. The van der Waals surface area contributed by atoms with E-state index in [9.17, 15) is 4.79 Å². The number of nitrogens with two attached hydrogens (primary N) is 1. The van der Waals surface area contributed by atoms with Crippen LogP contribution in [0, 0.1) is 0 Å². The molecule has 0 bridgehead atoms. The number of hydrogen-bond acceptors (Lipinski definition) is 3. The third kappa shape index (κ3) is 6.50. The van der Waals surface area contributed by atoms with Crippen molar-refractivity contribution in [1.82, 2.24) is 10.6 Å². The van der Waals surface area contributed by atoms with Crippen molar-refractivity contribution in [1.29, 1.82) is 0 Å². The number of primary amides is 1. The lowest BCUT2D eigenvalue weighted by Crippen LogP contribution is -2.38. The second-order valence-electron chi connectivity index (χ2n) is 5.46. The highest BCUT2D eigenvalue weighted by atomic mass is 35.5. The third-order valence-corrected chi connectivity index (χ3v) is 4.28. The van der Waals surface area contributed by atoms with Gasteiger partial charge in [-0.05, 0) is 29.8 Å². The number of amides is 1. The van der Waals surface area contributed by atoms with Crippen LogP contribution in [0.3, 0.4) is 0 Å². The Morgan fingerprint density at radius 2 is 1.85 bits per heavy atom. The fourth-order valence-corrected chi connectivity index (χ4v) is 3.16. The van der Waals surface area contributed by atoms with Crippen LogP contribution in [0.5, 0.6) is 5.75 Å². The van der Waals surface area contributed by atoms with Gasteiger partial charge in [0.1, 0.15) is 6.61 Å². The molecule has 0 fully saturated rings. The molecule has 0 aromatic heterocycles. The molecular weight excluding hydrogens is 411 g/mol. The van der Waals surface area contributed by atoms with Crippen molar-refractivity contribution in [3.8, 4) is 5.75 Å². The van der Waals surface area contributed by atoms with Crippen molar-refractivity contribution in [2.75, 3.05) is 20.2 Å². The summed E-state index contributed by atoms with van der Waals surface area (Å²) < 4.78 is 5.60. The second kappa shape index (κ2) is 10.3. The molecule has 0 heterocycles. The largest absolute Gasteiger partial charge is 0.489 e. The Kier molecular flexibility index (Phi) is 8.03. The van der Waals surface area contributed by atoms with Gasteiger partial charge in [0.25, 0.3) is 0 Å². The maximum Gasteiger partial charge on any atom is 0.248 e. The zero-order valence-electron chi connectivity index (χ0n) is 14.6. The van der Waals surface area contributed by atoms with Crippen LogP contribution in [0.4, 0.5) is 0 Å². The molecule has 9 heteroatoms. The summed E-state index contributed by atoms with van der Waals surface area (Å²) in [6, 6.07) is 10.2. The quantitative estimate of drug-likeness (QED) is 0.357. The number of nitrogens with one attached hydrogen (secondary N) is 2. The Labute approximate surface area is 172 Å². The van der Waals surface area contributed by atoms with E-state index in [-0.39, 0.29) is 0 Å². The van der Waals surface area contributed by atoms with E-state index >= 15 is 0 Å². The highest BCUT2D eigenvalue weighted by Gasteiger charge is 2.09. The van der Waals surface area contributed by atoms with Gasteiger partial charge >= 0.3 is 0 Å². The molecule has 6 nitrogen and oxygen atoms in total. The number of carbonyl (C=O) groups is 1. The Hall–Kier alpha value is -2.15. The molecule has 0 spiro atoms. The van der Waals surface area contributed by atoms with Gasteiger partial charge in [-0.3, -0.25) is 9.79 Å². The van der Waals surface area contributed by atoms with E-state index < -0.39 is 5.91 Å². The number of nitrogens with zero attached hydrogens (tertiary/aromatic N) is 1. The normalized spacial score (nSPS) is 11.2. The molecule has 2 aromatic rings. The van der Waals surface area contributed by atoms with Crippen molar-refractivity contribution >= 4 is 46.7 Å². The van der Waals surface area contributed by atoms with Gasteiger partial charge in [0.15, 0.2) is 11.7 Å². The van der Waals surface area contributed by atoms with Gasteiger partial charge in [0.05, 0.1) is 16.6 Å². The van der Waals surface area contributed by atoms with E-state index in [1.807, 2.05) is 6.07 Å². The van der Waals surface area contributed by atoms with E-state index in [4.69, 9.17) is 45.3 Å². The number of benzene rings is 2. The average molecular weight is 430 g/mol. The van der Waals surface area contributed by atoms with Gasteiger partial charge in [-0.25, -0.2) is 0 Å². The number of halogens is 3. The van der Waals surface area contributed by atoms with Gasteiger partial charge in [0.2, 0.25) is 5.91 Å². The first-order valence-corrected chi connectivity index (χ1v) is 9.14. The second-order valence-corrected chi connectivity index (χ2v) is 6.72. The fraction of sp³-hybridized carbons (Fsp3) is 0.222. The lowest BCUT2D eigenvalue weighted by Gasteiger charge is -2.14. The van der Waals surface area contributed by atoms with E-state index in [0.29, 0.717) is 52.0 Å². The third-order valence-electron chi connectivity index (χ3n) is 3.50. The van der Waals surface area contributed by atoms with Crippen molar-refractivity contribution < 1.29 is 9.53 Å². The Morgan fingerprint density at radius 3 is 2.48 bits per heavy atom. The van der Waals surface area contributed by atoms with Crippen molar-refractivity contribution in [2.45, 2.75) is 6.54 Å². The highest BCUT2D eigenvalue weighted by molar-refractivity contribution is 6.40. The first kappa shape index (κ1) is 21.2. The summed E-state index contributed by atoms with van der Waals surface area (Å²) in [6.45, 7) is 1.27. The van der Waals surface area contributed by atoms with Crippen molar-refractivity contribution in [2.24, 2.45) is 10.7 Å². The van der Waals surface area contributed by atoms with Crippen molar-refractivity contribution in [3.05, 3.63) is 62.6 Å². The molecule has 2 aromatic carbocycles. The molecule has 0 aliphatic rings. The molecule has 144 valence electrons. The van der Waals surface area contributed by atoms with Crippen LogP contribution < -0.4 is 21.1 Å². The van der Waals surface area contributed by atoms with E-state index in [1.54, 1.807) is 37.4 Å². The Morgan fingerprint density at radius 1 is 1.15 bits per heavy atom. The number of aliphatic imine (C=N–C) groups is 1. The zero-order chi connectivity index (χ0) is 19.8. The minimum Gasteiger partial charge on any atom is -0.489 e. The first-order valence-electron chi connectivity index (χ1n) is 8.01. The summed E-state index contributed by atoms with van der Waals surface area (Å²) in [5.74, 6) is 0.503. The molecule has 0 unspecified atom stereocenters. The minimum absolute atomic E-state index is 0.318. The smallest absolute Gasteiger partial charge is 0.248 e. The molecular formula is C18H19Cl3N4O2. The van der Waals surface area contributed by atoms with Crippen LogP contribution in [0.25, 0.3) is 0 Å². The summed E-state index contributed by atoms with van der Waals surface area (Å²) >= 11 is 18.0. The van der Waals surface area contributed by atoms with Crippen LogP contribution >= 0.6 is 34.8 Å². The maximum atomic E-state index is 11.2. The first-order chi connectivity index (χ1) is 12.9. The zero-order valence-corrected chi connectivity index (χ0v) is 16.8. The van der Waals surface area contributed by atoms with Crippen LogP contribution in [0.2, 0.25) is 15.1 Å². The molecule has 0 aliphatic heterocycles. The summed E-state index contributed by atoms with van der Waals surface area (Å²) in [5, 5.41) is 7.40. The molecule has 1 amide bonds. The SMILES string of the molecule is CN=C(NCCOc1c(Cl)cc(Cl)cc1Cl)NCc1cccc(C(N)=O)c1. The molecule has 4 N–H and O–H groups in total. The van der Waals surface area contributed by atoms with E-state index in [2.05, 4.69) is 15.6 Å². The van der Waals surface area contributed by atoms with Gasteiger partial charge in [0, 0.05) is 24.2 Å². The lowest BCUT2D eigenvalue weighted by atomic mass is 10.1. The van der Waals surface area contributed by atoms with Gasteiger partial charge in [-0.1, -0.05) is 46.9 Å². The summed E-state index contributed by atoms with van der Waals surface area (Å²) in [6.07, 6.45) is 0. The fourth-order valence-electron chi connectivity index (χ4n) is 2.23. The highest BCUT2D eigenvalue weighted by Crippen LogP contribution is 2.35. The van der Waals surface area contributed by atoms with Crippen LogP contribution in [-0.4, -0.2) is 32.1 Å². The molecule has 0 saturated heterocycles. The molecule has 0 aliphatic carbocycles. The lowest BCUT2D eigenvalue weighted by molar-refractivity contribution is 0.1000. The van der Waals surface area contributed by atoms with Crippen LogP contribution in [0.1, 0.15) is 15.9 Å². The Bertz CT molecular complexity index is 820. The van der Waals surface area contributed by atoms with Gasteiger partial charge in [-0.2, -0.15) is 0 Å². The topological polar surface area (TPSA) is 88.7 Å². The average Bonchev–Trinajstić information content (AvgIpc) is 2.63. The number of hydrogen-bond donors (Lipinski definition) is 3. The van der Waals surface area contributed by atoms with Crippen LogP contribution in [-0.2, 0) is 6.54 Å². The van der Waals surface area contributed by atoms with E-state index in [0.717, 1.165) is 5.56 Å². The predicted octanol–water partition coefficient (Wildman–Crippen LogP) is 3.49. The Balaban J connectivity index is 1.81. The summed E-state index contributed by atoms with van der Waals surface area (Å²) in [5.41, 5.74) is 6.66. The van der Waals surface area contributed by atoms with Crippen molar-refractivity contribution in [3.63, 3.8) is 0 Å². The molecule has 27 heavy (non-hydrogen) atoms. The standard InChI is InChI=1S/C18H19Cl3N4O2/c1-23-18(25-10-11-3-2-4-12(7-11)17(22)26)24-5-6-27-16-14(20)8-13(19)9-15(16)21/h2-4,7-9H,5-6,10H2,1H3,(H2,22,26)(H2,23,24,25). The number of ether oxygens (including phenoxy) is 1. The number of guanidine groups is 1. The minimum atomic E-state index is -0.462. The van der Waals surface area contributed by atoms with Crippen LogP contribution in [0.15, 0.2) is 41.4 Å². The molecule has 2 rings (SSSR count). The predicted molar refractivity (Wildman–Crippen MR) is 110 cm³/mol. The maximum absolute atomic E-state index is 11.2. The number of rotatable bonds is 7. The number of carbonyl (C=O) groups excluding carboxylic acids is 1. The molecule has 0 radical (unpaired) electrons. The monoisotopic (exact) mass is 428 g/mol. The van der Waals surface area contributed by atoms with Gasteiger partial charge in [-0.15, -0.1) is 0 Å². The molecule has 0 saturated carbocycles. The summed E-state index contributed by atoms with van der Waals surface area (Å²) in [4.78, 5) is 15.4. The van der Waals surface area contributed by atoms with Gasteiger partial charge < -0.3 is 21.1 Å². The van der Waals surface area contributed by atoms with E-state index in [1.165, 1.54) is 0 Å². The molecule has 0 atom stereocenters.